The molecule has 1 aromatic carbocycles. The number of nitrogens with one attached hydrogen (secondary N) is 1. The van der Waals surface area contributed by atoms with Gasteiger partial charge < -0.3 is 10.2 Å². The van der Waals surface area contributed by atoms with E-state index >= 15 is 0 Å². The van der Waals surface area contributed by atoms with Crippen molar-refractivity contribution in [3.8, 4) is 6.07 Å². The number of piperazine rings is 1. The van der Waals surface area contributed by atoms with Crippen LogP contribution in [0.15, 0.2) is 18.2 Å². The number of halogens is 1. The van der Waals surface area contributed by atoms with Crippen molar-refractivity contribution in [1.29, 1.82) is 5.26 Å². The minimum absolute atomic E-state index is 0.0108. The summed E-state index contributed by atoms with van der Waals surface area (Å²) in [7, 11) is 0. The van der Waals surface area contributed by atoms with Gasteiger partial charge in [0, 0.05) is 45.3 Å². The minimum atomic E-state index is -0.145. The van der Waals surface area contributed by atoms with Gasteiger partial charge >= 0.3 is 0 Å². The maximum absolute atomic E-state index is 11.6. The van der Waals surface area contributed by atoms with Gasteiger partial charge in [0.15, 0.2) is 0 Å². The Kier molecular flexibility index (Phi) is 5.97. The SMILES string of the molecule is CC(=O)Nc1ccc(C#N)cc1CN1CCN(C(=O)CCl)CC1. The quantitative estimate of drug-likeness (QED) is 0.844. The summed E-state index contributed by atoms with van der Waals surface area (Å²) in [5, 5.41) is 11.8. The molecule has 1 aliphatic heterocycles. The van der Waals surface area contributed by atoms with Crippen LogP contribution in [0.3, 0.4) is 0 Å². The second-order valence-corrected chi connectivity index (χ2v) is 5.72. The van der Waals surface area contributed by atoms with Gasteiger partial charge in [0.05, 0.1) is 11.6 Å². The lowest BCUT2D eigenvalue weighted by atomic mass is 10.1. The van der Waals surface area contributed by atoms with Crippen LogP contribution in [0.5, 0.6) is 0 Å². The molecule has 0 bridgehead atoms. The molecule has 1 aliphatic rings. The molecule has 0 unspecified atom stereocenters. The van der Waals surface area contributed by atoms with E-state index in [1.807, 2.05) is 0 Å². The lowest BCUT2D eigenvalue weighted by molar-refractivity contribution is -0.130. The van der Waals surface area contributed by atoms with Crippen LogP contribution in [-0.2, 0) is 16.1 Å². The normalized spacial score (nSPS) is 15.1. The van der Waals surface area contributed by atoms with Crippen LogP contribution in [0, 0.1) is 11.3 Å². The number of carbonyl (C=O) groups is 2. The molecule has 1 aromatic rings. The molecule has 1 fully saturated rings. The Morgan fingerprint density at radius 2 is 2.00 bits per heavy atom. The fraction of sp³-hybridized carbons (Fsp3) is 0.438. The predicted octanol–water partition coefficient (Wildman–Crippen LogP) is 1.40. The summed E-state index contributed by atoms with van der Waals surface area (Å²) in [6, 6.07) is 7.35. The van der Waals surface area contributed by atoms with Crippen LogP contribution in [-0.4, -0.2) is 53.7 Å². The number of hydrogen-bond acceptors (Lipinski definition) is 4. The average molecular weight is 335 g/mol. The van der Waals surface area contributed by atoms with E-state index in [4.69, 9.17) is 16.9 Å². The van der Waals surface area contributed by atoms with Crippen LogP contribution >= 0.6 is 11.6 Å². The highest BCUT2D eigenvalue weighted by atomic mass is 35.5. The number of anilines is 1. The predicted molar refractivity (Wildman–Crippen MR) is 88.0 cm³/mol. The van der Waals surface area contributed by atoms with Crippen molar-refractivity contribution < 1.29 is 9.59 Å². The highest BCUT2D eigenvalue weighted by molar-refractivity contribution is 6.27. The van der Waals surface area contributed by atoms with E-state index in [1.54, 1.807) is 23.1 Å². The van der Waals surface area contributed by atoms with E-state index in [1.165, 1.54) is 6.92 Å². The standard InChI is InChI=1S/C16H19ClN4O2/c1-12(22)19-15-3-2-13(10-18)8-14(15)11-20-4-6-21(7-5-20)16(23)9-17/h2-3,8H,4-7,9,11H2,1H3,(H,19,22). The monoisotopic (exact) mass is 334 g/mol. The Morgan fingerprint density at radius 3 is 2.57 bits per heavy atom. The number of alkyl halides is 1. The van der Waals surface area contributed by atoms with Crippen LogP contribution in [0.4, 0.5) is 5.69 Å². The molecule has 6 nitrogen and oxygen atoms in total. The highest BCUT2D eigenvalue weighted by Gasteiger charge is 2.21. The van der Waals surface area contributed by atoms with Crippen molar-refractivity contribution in [2.75, 3.05) is 37.4 Å². The third-order valence-corrected chi connectivity index (χ3v) is 4.01. The van der Waals surface area contributed by atoms with Crippen molar-refractivity contribution in [2.24, 2.45) is 0 Å². The van der Waals surface area contributed by atoms with E-state index < -0.39 is 0 Å². The molecule has 1 N–H and O–H groups in total. The molecule has 1 heterocycles. The van der Waals surface area contributed by atoms with Crippen LogP contribution in [0.1, 0.15) is 18.1 Å². The van der Waals surface area contributed by atoms with Crippen molar-refractivity contribution in [2.45, 2.75) is 13.5 Å². The largest absolute Gasteiger partial charge is 0.339 e. The molecular weight excluding hydrogens is 316 g/mol. The average Bonchev–Trinajstić information content (AvgIpc) is 2.56. The molecular formula is C16H19ClN4O2. The number of hydrogen-bond donors (Lipinski definition) is 1. The zero-order chi connectivity index (χ0) is 16.8. The molecule has 0 radical (unpaired) electrons. The fourth-order valence-corrected chi connectivity index (χ4v) is 2.76. The third-order valence-electron chi connectivity index (χ3n) is 3.78. The highest BCUT2D eigenvalue weighted by Crippen LogP contribution is 2.20. The summed E-state index contributed by atoms with van der Waals surface area (Å²) in [6.45, 7) is 4.82. The van der Waals surface area contributed by atoms with Gasteiger partial charge in [-0.25, -0.2) is 0 Å². The molecule has 0 spiro atoms. The van der Waals surface area contributed by atoms with Crippen LogP contribution in [0.25, 0.3) is 0 Å². The van der Waals surface area contributed by atoms with E-state index in [2.05, 4.69) is 16.3 Å². The van der Waals surface area contributed by atoms with Gasteiger partial charge in [-0.15, -0.1) is 11.6 Å². The minimum Gasteiger partial charge on any atom is -0.339 e. The number of amides is 2. The van der Waals surface area contributed by atoms with Crippen LogP contribution < -0.4 is 5.32 Å². The Labute approximate surface area is 140 Å². The molecule has 2 amide bonds. The third kappa shape index (κ3) is 4.68. The molecule has 7 heteroatoms. The molecule has 122 valence electrons. The second-order valence-electron chi connectivity index (χ2n) is 5.46. The summed E-state index contributed by atoms with van der Waals surface area (Å²) >= 11 is 5.58. The van der Waals surface area contributed by atoms with Gasteiger partial charge in [-0.3, -0.25) is 14.5 Å². The molecule has 0 aliphatic carbocycles. The number of benzene rings is 1. The molecule has 23 heavy (non-hydrogen) atoms. The molecule has 0 atom stereocenters. The number of carbonyl (C=O) groups excluding carboxylic acids is 2. The second kappa shape index (κ2) is 7.95. The molecule has 0 aromatic heterocycles. The topological polar surface area (TPSA) is 76.4 Å². The van der Waals surface area contributed by atoms with Crippen molar-refractivity contribution >= 4 is 29.1 Å². The van der Waals surface area contributed by atoms with Crippen molar-refractivity contribution in [1.82, 2.24) is 9.80 Å². The van der Waals surface area contributed by atoms with Gasteiger partial charge in [0.25, 0.3) is 0 Å². The first-order valence-electron chi connectivity index (χ1n) is 7.40. The maximum atomic E-state index is 11.6. The lowest BCUT2D eigenvalue weighted by Crippen LogP contribution is -2.48. The van der Waals surface area contributed by atoms with E-state index in [-0.39, 0.29) is 17.7 Å². The smallest absolute Gasteiger partial charge is 0.237 e. The van der Waals surface area contributed by atoms with E-state index in [0.717, 1.165) is 24.3 Å². The van der Waals surface area contributed by atoms with Gasteiger partial charge in [0.2, 0.25) is 11.8 Å². The Balaban J connectivity index is 2.06. The first-order chi connectivity index (χ1) is 11.0. The summed E-state index contributed by atoms with van der Waals surface area (Å²) in [5.74, 6) is -0.179. The molecule has 0 saturated carbocycles. The van der Waals surface area contributed by atoms with E-state index in [9.17, 15) is 9.59 Å². The summed E-state index contributed by atoms with van der Waals surface area (Å²) in [6.07, 6.45) is 0. The van der Waals surface area contributed by atoms with Gasteiger partial charge in [-0.2, -0.15) is 5.26 Å². The van der Waals surface area contributed by atoms with Gasteiger partial charge in [-0.05, 0) is 23.8 Å². The zero-order valence-electron chi connectivity index (χ0n) is 13.0. The van der Waals surface area contributed by atoms with Gasteiger partial charge in [0.1, 0.15) is 5.88 Å². The number of rotatable bonds is 4. The van der Waals surface area contributed by atoms with Crippen molar-refractivity contribution in [3.63, 3.8) is 0 Å². The summed E-state index contributed by atoms with van der Waals surface area (Å²) in [5.41, 5.74) is 2.18. The fourth-order valence-electron chi connectivity index (χ4n) is 2.59. The first-order valence-corrected chi connectivity index (χ1v) is 7.93. The summed E-state index contributed by atoms with van der Waals surface area (Å²) < 4.78 is 0. The molecule has 1 saturated heterocycles. The Bertz CT molecular complexity index is 633. The van der Waals surface area contributed by atoms with Gasteiger partial charge in [-0.1, -0.05) is 0 Å². The molecule has 2 rings (SSSR count). The van der Waals surface area contributed by atoms with E-state index in [0.29, 0.717) is 25.2 Å². The number of nitriles is 1. The maximum Gasteiger partial charge on any atom is 0.237 e. The Morgan fingerprint density at radius 1 is 1.30 bits per heavy atom. The van der Waals surface area contributed by atoms with Crippen LogP contribution in [0.2, 0.25) is 0 Å². The zero-order valence-corrected chi connectivity index (χ0v) is 13.8. The Hall–Kier alpha value is -2.10. The summed E-state index contributed by atoms with van der Waals surface area (Å²) in [4.78, 5) is 26.8. The number of nitrogens with zero attached hydrogens (tertiary/aromatic N) is 3. The van der Waals surface area contributed by atoms with Crippen molar-refractivity contribution in [3.05, 3.63) is 29.3 Å². The lowest BCUT2D eigenvalue weighted by Gasteiger charge is -2.34. The first kappa shape index (κ1) is 17.3.